The molecule has 5 nitrogen and oxygen atoms in total. The van der Waals surface area contributed by atoms with E-state index in [1.54, 1.807) is 6.07 Å². The number of hydrogen-bond acceptors (Lipinski definition) is 4. The summed E-state index contributed by atoms with van der Waals surface area (Å²) < 4.78 is 31.2. The predicted molar refractivity (Wildman–Crippen MR) is 127 cm³/mol. The zero-order valence-corrected chi connectivity index (χ0v) is 21.9. The number of benzene rings is 1. The van der Waals surface area contributed by atoms with E-state index in [0.717, 1.165) is 12.0 Å². The highest BCUT2D eigenvalue weighted by Gasteiger charge is 2.36. The van der Waals surface area contributed by atoms with E-state index in [0.29, 0.717) is 31.8 Å². The fourth-order valence-electron chi connectivity index (χ4n) is 2.72. The van der Waals surface area contributed by atoms with Gasteiger partial charge in [-0.1, -0.05) is 33.8 Å². The molecule has 1 N–H and O–H groups in total. The number of alkyl carbamates (subject to hydrolysis) is 1. The molecule has 1 aromatic rings. The Morgan fingerprint density at radius 3 is 2.32 bits per heavy atom. The Balaban J connectivity index is 2.66. The number of carbonyl (C=O) groups excluding carboxylic acids is 1. The van der Waals surface area contributed by atoms with Crippen LogP contribution in [0.3, 0.4) is 0 Å². The van der Waals surface area contributed by atoms with Crippen LogP contribution in [0.25, 0.3) is 0 Å². The molecule has 178 valence electrons. The maximum Gasteiger partial charge on any atom is 0.407 e. The molecule has 0 aromatic heterocycles. The lowest BCUT2D eigenvalue weighted by Crippen LogP contribution is -2.41. The summed E-state index contributed by atoms with van der Waals surface area (Å²) in [5, 5.41) is 3.05. The van der Waals surface area contributed by atoms with Crippen molar-refractivity contribution in [1.82, 2.24) is 5.32 Å². The normalized spacial score (nSPS) is 13.6. The molecule has 1 aromatic carbocycles. The van der Waals surface area contributed by atoms with Gasteiger partial charge in [-0.15, -0.1) is 0 Å². The van der Waals surface area contributed by atoms with Crippen LogP contribution in [-0.2, 0) is 15.6 Å². The average Bonchev–Trinajstić information content (AvgIpc) is 2.60. The van der Waals surface area contributed by atoms with Crippen LogP contribution in [0.15, 0.2) is 18.2 Å². The molecule has 0 heterocycles. The minimum Gasteiger partial charge on any atom is -0.491 e. The van der Waals surface area contributed by atoms with Crippen LogP contribution in [0, 0.1) is 5.82 Å². The van der Waals surface area contributed by atoms with Gasteiger partial charge in [0.15, 0.2) is 8.32 Å². The van der Waals surface area contributed by atoms with Crippen LogP contribution in [0.1, 0.15) is 66.9 Å². The van der Waals surface area contributed by atoms with E-state index < -0.39 is 20.0 Å². The van der Waals surface area contributed by atoms with Crippen LogP contribution >= 0.6 is 0 Å². The lowest BCUT2D eigenvalue weighted by atomic mass is 10.0. The van der Waals surface area contributed by atoms with Crippen molar-refractivity contribution in [2.24, 2.45) is 0 Å². The fourth-order valence-corrected chi connectivity index (χ4v) is 3.74. The smallest absolute Gasteiger partial charge is 0.407 e. The van der Waals surface area contributed by atoms with E-state index in [2.05, 4.69) is 39.2 Å². The molecule has 7 heteroatoms. The Kier molecular flexibility index (Phi) is 10.0. The molecule has 0 aliphatic carbocycles. The number of amides is 1. The highest BCUT2D eigenvalue weighted by atomic mass is 28.4. The second-order valence-electron chi connectivity index (χ2n) is 10.5. The van der Waals surface area contributed by atoms with E-state index in [1.807, 2.05) is 27.7 Å². The first-order valence-corrected chi connectivity index (χ1v) is 14.1. The number of ether oxygens (including phenoxy) is 2. The van der Waals surface area contributed by atoms with Crippen LogP contribution in [0.2, 0.25) is 18.1 Å². The Hall–Kier alpha value is -1.60. The van der Waals surface area contributed by atoms with Gasteiger partial charge in [-0.25, -0.2) is 9.18 Å². The van der Waals surface area contributed by atoms with Crippen LogP contribution < -0.4 is 10.1 Å². The molecule has 0 aliphatic heterocycles. The van der Waals surface area contributed by atoms with Crippen LogP contribution in [0.5, 0.6) is 5.75 Å². The molecule has 0 bridgehead atoms. The number of aryl methyl sites for hydroxylation is 1. The maximum atomic E-state index is 13.8. The second-order valence-corrected chi connectivity index (χ2v) is 15.3. The number of nitrogens with one attached hydrogen (secondary N) is 1. The van der Waals surface area contributed by atoms with Gasteiger partial charge in [0.1, 0.15) is 23.8 Å². The lowest BCUT2D eigenvalue weighted by Gasteiger charge is -2.36. The topological polar surface area (TPSA) is 56.8 Å². The average molecular weight is 456 g/mol. The third kappa shape index (κ3) is 10.0. The van der Waals surface area contributed by atoms with Crippen LogP contribution in [-0.4, -0.2) is 39.3 Å². The summed E-state index contributed by atoms with van der Waals surface area (Å²) in [6.45, 7) is 19.4. The quantitative estimate of drug-likeness (QED) is 0.325. The van der Waals surface area contributed by atoms with E-state index in [-0.39, 0.29) is 16.9 Å². The molecule has 0 unspecified atom stereocenters. The predicted octanol–water partition coefficient (Wildman–Crippen LogP) is 6.46. The van der Waals surface area contributed by atoms with E-state index in [1.165, 1.54) is 12.1 Å². The molecular weight excluding hydrogens is 413 g/mol. The molecule has 0 fully saturated rings. The van der Waals surface area contributed by atoms with Gasteiger partial charge in [0.2, 0.25) is 0 Å². The van der Waals surface area contributed by atoms with Gasteiger partial charge in [-0.2, -0.15) is 0 Å². The van der Waals surface area contributed by atoms with Crippen molar-refractivity contribution in [3.05, 3.63) is 29.6 Å². The Bertz CT molecular complexity index is 711. The molecule has 0 radical (unpaired) electrons. The van der Waals surface area contributed by atoms with Crippen molar-refractivity contribution >= 4 is 14.4 Å². The highest BCUT2D eigenvalue weighted by Crippen LogP contribution is 2.36. The monoisotopic (exact) mass is 455 g/mol. The number of rotatable bonds is 10. The molecule has 31 heavy (non-hydrogen) atoms. The number of halogens is 1. The van der Waals surface area contributed by atoms with Gasteiger partial charge < -0.3 is 19.2 Å². The van der Waals surface area contributed by atoms with Gasteiger partial charge in [-0.05, 0) is 69.8 Å². The van der Waals surface area contributed by atoms with Gasteiger partial charge >= 0.3 is 6.09 Å². The minimum absolute atomic E-state index is 0.0327. The molecule has 0 aliphatic rings. The second kappa shape index (κ2) is 11.3. The van der Waals surface area contributed by atoms with E-state index in [4.69, 9.17) is 13.9 Å². The first-order valence-electron chi connectivity index (χ1n) is 11.2. The van der Waals surface area contributed by atoms with Gasteiger partial charge in [0.25, 0.3) is 0 Å². The molecule has 0 spiro atoms. The molecular formula is C24H42FNO4Si. The summed E-state index contributed by atoms with van der Waals surface area (Å²) >= 11 is 0. The first-order chi connectivity index (χ1) is 14.1. The van der Waals surface area contributed by atoms with Gasteiger partial charge in [0.05, 0.1) is 6.61 Å². The summed E-state index contributed by atoms with van der Waals surface area (Å²) in [6.07, 6.45) is 1.72. The number of carbonyl (C=O) groups is 1. The zero-order valence-electron chi connectivity index (χ0n) is 20.9. The van der Waals surface area contributed by atoms with Gasteiger partial charge in [-0.3, -0.25) is 0 Å². The Morgan fingerprint density at radius 1 is 1.13 bits per heavy atom. The fraction of sp³-hybridized carbons (Fsp3) is 0.708. The van der Waals surface area contributed by atoms with Crippen molar-refractivity contribution in [3.8, 4) is 5.75 Å². The van der Waals surface area contributed by atoms with Crippen molar-refractivity contribution in [3.63, 3.8) is 0 Å². The third-order valence-electron chi connectivity index (χ3n) is 5.61. The lowest BCUT2D eigenvalue weighted by molar-refractivity contribution is 0.0500. The van der Waals surface area contributed by atoms with Crippen molar-refractivity contribution in [1.29, 1.82) is 0 Å². The van der Waals surface area contributed by atoms with Gasteiger partial charge in [0, 0.05) is 12.1 Å². The Labute approximate surface area is 189 Å². The van der Waals surface area contributed by atoms with Crippen LogP contribution in [0.4, 0.5) is 9.18 Å². The number of hydrogen-bond donors (Lipinski definition) is 1. The SMILES string of the molecule is CC[C@H](CCc1ccc(F)cc1OCCO[Si](C)(C)C(C)(C)C)NC(=O)OC(C)(C)C. The Morgan fingerprint density at radius 2 is 1.77 bits per heavy atom. The molecule has 1 rings (SSSR count). The van der Waals surface area contributed by atoms with Crippen molar-refractivity contribution in [2.75, 3.05) is 13.2 Å². The summed E-state index contributed by atoms with van der Waals surface area (Å²) in [5.74, 6) is 0.203. The van der Waals surface area contributed by atoms with E-state index in [9.17, 15) is 9.18 Å². The maximum absolute atomic E-state index is 13.8. The first kappa shape index (κ1) is 27.4. The van der Waals surface area contributed by atoms with E-state index >= 15 is 0 Å². The third-order valence-corrected chi connectivity index (χ3v) is 10.2. The molecule has 1 amide bonds. The summed E-state index contributed by atoms with van der Waals surface area (Å²) in [6, 6.07) is 4.58. The summed E-state index contributed by atoms with van der Waals surface area (Å²) in [4.78, 5) is 12.1. The molecule has 1 atom stereocenters. The largest absolute Gasteiger partial charge is 0.491 e. The standard InChI is InChI=1S/C24H42FNO4Si/c1-10-20(26-22(27)30-23(2,3)4)14-12-18-11-13-19(25)17-21(18)28-15-16-29-31(8,9)24(5,6)7/h11,13,17,20H,10,12,14-16H2,1-9H3,(H,26,27)/t20-/m1/s1. The molecule has 0 saturated heterocycles. The summed E-state index contributed by atoms with van der Waals surface area (Å²) in [7, 11) is -1.84. The van der Waals surface area contributed by atoms with Crippen molar-refractivity contribution in [2.45, 2.75) is 97.5 Å². The molecule has 0 saturated carbocycles. The summed E-state index contributed by atoms with van der Waals surface area (Å²) in [5.41, 5.74) is 0.380. The highest BCUT2D eigenvalue weighted by molar-refractivity contribution is 6.74. The zero-order chi connectivity index (χ0) is 23.9. The van der Waals surface area contributed by atoms with Crippen molar-refractivity contribution < 1.29 is 23.1 Å². The minimum atomic E-state index is -1.84.